The molecule has 0 saturated heterocycles. The third-order valence-electron chi connectivity index (χ3n) is 5.11. The second-order valence-electron chi connectivity index (χ2n) is 6.68. The molecule has 2 heterocycles. The van der Waals surface area contributed by atoms with Gasteiger partial charge in [0.1, 0.15) is 0 Å². The van der Waals surface area contributed by atoms with Crippen LogP contribution in [0.5, 0.6) is 0 Å². The van der Waals surface area contributed by atoms with E-state index < -0.39 is 0 Å². The molecule has 1 atom stereocenters. The largest absolute Gasteiger partial charge is 0.358 e. The van der Waals surface area contributed by atoms with Gasteiger partial charge in [0.05, 0.1) is 17.4 Å². The quantitative estimate of drug-likeness (QED) is 0.527. The van der Waals surface area contributed by atoms with Crippen LogP contribution in [-0.4, -0.2) is 26.9 Å². The molecule has 2 aromatic carbocycles. The number of carbonyl (C=O) groups is 1. The molecule has 2 aromatic heterocycles. The number of rotatable bonds is 2. The number of fused-ring (bicyclic) bond motifs is 4. The van der Waals surface area contributed by atoms with Crippen molar-refractivity contribution in [2.75, 3.05) is 0 Å². The Morgan fingerprint density at radius 1 is 1.16 bits per heavy atom. The van der Waals surface area contributed by atoms with Crippen LogP contribution in [0.25, 0.3) is 21.9 Å². The molecule has 1 unspecified atom stereocenters. The molecule has 3 N–H and O–H groups in total. The van der Waals surface area contributed by atoms with Gasteiger partial charge in [0.15, 0.2) is 0 Å². The van der Waals surface area contributed by atoms with E-state index in [0.29, 0.717) is 5.56 Å². The number of para-hydroxylation sites is 1. The van der Waals surface area contributed by atoms with Gasteiger partial charge in [-0.2, -0.15) is 0 Å². The van der Waals surface area contributed by atoms with Crippen molar-refractivity contribution < 1.29 is 4.79 Å². The topological polar surface area (TPSA) is 73.6 Å². The Labute approximate surface area is 144 Å². The smallest absolute Gasteiger partial charge is 0.251 e. The van der Waals surface area contributed by atoms with Gasteiger partial charge in [-0.05, 0) is 42.7 Å². The maximum atomic E-state index is 12.6. The summed E-state index contributed by atoms with van der Waals surface area (Å²) in [7, 11) is 0. The predicted octanol–water partition coefficient (Wildman–Crippen LogP) is 3.33. The Kier molecular flexibility index (Phi) is 3.13. The maximum absolute atomic E-state index is 12.6. The number of carbonyl (C=O) groups excluding carboxylic acids is 1. The highest BCUT2D eigenvalue weighted by Gasteiger charge is 2.23. The van der Waals surface area contributed by atoms with Crippen LogP contribution in [0.1, 0.15) is 28.0 Å². The molecule has 5 nitrogen and oxygen atoms in total. The lowest BCUT2D eigenvalue weighted by Crippen LogP contribution is -2.38. The van der Waals surface area contributed by atoms with E-state index in [1.165, 1.54) is 22.2 Å². The van der Waals surface area contributed by atoms with Crippen molar-refractivity contribution in [1.29, 1.82) is 0 Å². The van der Waals surface area contributed by atoms with Crippen molar-refractivity contribution in [2.45, 2.75) is 25.3 Å². The molecule has 1 amide bonds. The molecule has 5 rings (SSSR count). The minimum absolute atomic E-state index is 0.0268. The van der Waals surface area contributed by atoms with Crippen molar-refractivity contribution in [3.05, 3.63) is 65.6 Å². The fourth-order valence-electron chi connectivity index (χ4n) is 3.85. The second-order valence-corrected chi connectivity index (χ2v) is 6.68. The summed E-state index contributed by atoms with van der Waals surface area (Å²) in [5.41, 5.74) is 6.26. The number of hydrogen-bond donors (Lipinski definition) is 3. The summed E-state index contributed by atoms with van der Waals surface area (Å²) in [6.07, 6.45) is 4.45. The zero-order valence-corrected chi connectivity index (χ0v) is 13.7. The molecular formula is C20H18N4O. The highest BCUT2D eigenvalue weighted by molar-refractivity contribution is 5.97. The average Bonchev–Trinajstić information content (AvgIpc) is 3.24. The molecule has 1 aliphatic rings. The zero-order chi connectivity index (χ0) is 16.8. The van der Waals surface area contributed by atoms with Crippen molar-refractivity contribution in [3.8, 4) is 0 Å². The van der Waals surface area contributed by atoms with Crippen LogP contribution >= 0.6 is 0 Å². The van der Waals surface area contributed by atoms with Gasteiger partial charge < -0.3 is 15.3 Å². The molecule has 1 aliphatic carbocycles. The molecule has 4 aromatic rings. The molecule has 0 bridgehead atoms. The lowest BCUT2D eigenvalue weighted by atomic mass is 9.91. The number of H-pyrrole nitrogens is 2. The number of imidazole rings is 1. The zero-order valence-electron chi connectivity index (χ0n) is 13.7. The Morgan fingerprint density at radius 3 is 3.04 bits per heavy atom. The lowest BCUT2D eigenvalue weighted by Gasteiger charge is -2.23. The number of hydrogen-bond acceptors (Lipinski definition) is 2. The summed E-state index contributed by atoms with van der Waals surface area (Å²) in [5.74, 6) is -0.0268. The Balaban J connectivity index is 1.37. The minimum Gasteiger partial charge on any atom is -0.358 e. The van der Waals surface area contributed by atoms with Gasteiger partial charge in [-0.3, -0.25) is 4.79 Å². The molecule has 0 fully saturated rings. The summed E-state index contributed by atoms with van der Waals surface area (Å²) in [6.45, 7) is 0. The molecule has 0 aliphatic heterocycles. The minimum atomic E-state index is -0.0268. The summed E-state index contributed by atoms with van der Waals surface area (Å²) < 4.78 is 0. The van der Waals surface area contributed by atoms with Crippen molar-refractivity contribution >= 4 is 27.8 Å². The van der Waals surface area contributed by atoms with Crippen LogP contribution in [0.3, 0.4) is 0 Å². The van der Waals surface area contributed by atoms with Crippen molar-refractivity contribution in [3.63, 3.8) is 0 Å². The molecular weight excluding hydrogens is 312 g/mol. The van der Waals surface area contributed by atoms with E-state index in [2.05, 4.69) is 44.5 Å². The maximum Gasteiger partial charge on any atom is 0.251 e. The average molecular weight is 330 g/mol. The monoisotopic (exact) mass is 330 g/mol. The Hall–Kier alpha value is -3.08. The summed E-state index contributed by atoms with van der Waals surface area (Å²) in [4.78, 5) is 23.4. The van der Waals surface area contributed by atoms with E-state index in [9.17, 15) is 4.79 Å². The van der Waals surface area contributed by atoms with Gasteiger partial charge in [0.2, 0.25) is 0 Å². The molecule has 5 heteroatoms. The van der Waals surface area contributed by atoms with E-state index in [4.69, 9.17) is 0 Å². The standard InChI is InChI=1S/C20H18N4O/c25-20(12-5-8-17-19(9-12)22-11-21-17)23-13-6-7-15-14-3-1-2-4-16(14)24-18(15)10-13/h1-5,8-9,11,13,24H,6-7,10H2,(H,21,22)(H,23,25). The summed E-state index contributed by atoms with van der Waals surface area (Å²) >= 11 is 0. The van der Waals surface area contributed by atoms with Gasteiger partial charge in [-0.1, -0.05) is 18.2 Å². The first kappa shape index (κ1) is 14.3. The molecule has 0 saturated carbocycles. The Bertz CT molecular complexity index is 1090. The lowest BCUT2D eigenvalue weighted by molar-refractivity contribution is 0.0933. The first-order chi connectivity index (χ1) is 12.3. The van der Waals surface area contributed by atoms with Gasteiger partial charge in [0, 0.05) is 34.6 Å². The highest BCUT2D eigenvalue weighted by Crippen LogP contribution is 2.29. The second kappa shape index (κ2) is 5.48. The van der Waals surface area contributed by atoms with Crippen LogP contribution in [0.15, 0.2) is 48.8 Å². The third-order valence-corrected chi connectivity index (χ3v) is 5.11. The molecule has 0 radical (unpaired) electrons. The molecule has 25 heavy (non-hydrogen) atoms. The third kappa shape index (κ3) is 2.39. The highest BCUT2D eigenvalue weighted by atomic mass is 16.1. The van der Waals surface area contributed by atoms with Crippen LogP contribution in [-0.2, 0) is 12.8 Å². The van der Waals surface area contributed by atoms with Gasteiger partial charge in [-0.15, -0.1) is 0 Å². The van der Waals surface area contributed by atoms with Crippen molar-refractivity contribution in [1.82, 2.24) is 20.3 Å². The van der Waals surface area contributed by atoms with Crippen LogP contribution in [0, 0.1) is 0 Å². The van der Waals surface area contributed by atoms with Gasteiger partial charge in [0.25, 0.3) is 5.91 Å². The number of amides is 1. The van der Waals surface area contributed by atoms with Crippen LogP contribution in [0.4, 0.5) is 0 Å². The van der Waals surface area contributed by atoms with Crippen molar-refractivity contribution in [2.24, 2.45) is 0 Å². The van der Waals surface area contributed by atoms with E-state index in [0.717, 1.165) is 30.3 Å². The normalized spacial score (nSPS) is 16.9. The van der Waals surface area contributed by atoms with Crippen LogP contribution < -0.4 is 5.32 Å². The van der Waals surface area contributed by atoms with Gasteiger partial charge in [-0.25, -0.2) is 4.98 Å². The summed E-state index contributed by atoms with van der Waals surface area (Å²) in [6, 6.07) is 14.1. The van der Waals surface area contributed by atoms with E-state index in [-0.39, 0.29) is 11.9 Å². The summed E-state index contributed by atoms with van der Waals surface area (Å²) in [5, 5.41) is 4.50. The Morgan fingerprint density at radius 2 is 2.08 bits per heavy atom. The van der Waals surface area contributed by atoms with E-state index in [1.807, 2.05) is 18.2 Å². The molecule has 0 spiro atoms. The fourth-order valence-corrected chi connectivity index (χ4v) is 3.85. The number of benzene rings is 2. The number of aryl methyl sites for hydroxylation is 1. The number of aromatic nitrogens is 3. The van der Waals surface area contributed by atoms with Gasteiger partial charge >= 0.3 is 0 Å². The number of nitrogens with zero attached hydrogens (tertiary/aromatic N) is 1. The molecule has 124 valence electrons. The predicted molar refractivity (Wildman–Crippen MR) is 97.7 cm³/mol. The first-order valence-electron chi connectivity index (χ1n) is 8.60. The van der Waals surface area contributed by atoms with E-state index >= 15 is 0 Å². The fraction of sp³-hybridized carbons (Fsp3) is 0.200. The first-order valence-corrected chi connectivity index (χ1v) is 8.60. The SMILES string of the molecule is O=C(NC1CCc2c([nH]c3ccccc23)C1)c1ccc2nc[nH]c2c1. The van der Waals surface area contributed by atoms with Crippen LogP contribution in [0.2, 0.25) is 0 Å². The number of aromatic amines is 2. The van der Waals surface area contributed by atoms with E-state index in [1.54, 1.807) is 6.33 Å². The number of nitrogens with one attached hydrogen (secondary N) is 3.